The summed E-state index contributed by atoms with van der Waals surface area (Å²) < 4.78 is 5.62. The zero-order valence-electron chi connectivity index (χ0n) is 11.3. The van der Waals surface area contributed by atoms with E-state index >= 15 is 0 Å². The molecular formula is C13H17Cl2NO2S. The van der Waals surface area contributed by atoms with Crippen LogP contribution in [0.3, 0.4) is 0 Å². The minimum absolute atomic E-state index is 0.184. The van der Waals surface area contributed by atoms with Gasteiger partial charge in [0, 0.05) is 15.6 Å². The topological polar surface area (TPSA) is 38.3 Å². The second kappa shape index (κ2) is 6.73. The van der Waals surface area contributed by atoms with E-state index in [9.17, 15) is 4.79 Å². The lowest BCUT2D eigenvalue weighted by Gasteiger charge is -2.24. The largest absolute Gasteiger partial charge is 0.470 e. The molecule has 1 amide bonds. The smallest absolute Gasteiger partial charge is 0.272 e. The quantitative estimate of drug-likeness (QED) is 0.852. The molecule has 0 fully saturated rings. The zero-order chi connectivity index (χ0) is 14.6. The van der Waals surface area contributed by atoms with Gasteiger partial charge >= 0.3 is 0 Å². The third kappa shape index (κ3) is 5.93. The molecule has 1 unspecified atom stereocenters. The molecule has 3 nitrogen and oxygen atoms in total. The molecule has 0 saturated carbocycles. The van der Waals surface area contributed by atoms with Crippen molar-refractivity contribution in [2.75, 3.05) is 6.26 Å². The first-order chi connectivity index (χ1) is 8.71. The van der Waals surface area contributed by atoms with Crippen LogP contribution in [0, 0.1) is 0 Å². The normalized spacial score (nSPS) is 12.9. The summed E-state index contributed by atoms with van der Waals surface area (Å²) in [5.41, 5.74) is -0.950. The van der Waals surface area contributed by atoms with Gasteiger partial charge in [-0.05, 0) is 45.2 Å². The number of ether oxygens (including phenoxy) is 1. The van der Waals surface area contributed by atoms with Gasteiger partial charge in [-0.15, -0.1) is 11.8 Å². The van der Waals surface area contributed by atoms with Gasteiger partial charge in [-0.1, -0.05) is 23.2 Å². The molecule has 1 atom stereocenters. The number of hydrogen-bond acceptors (Lipinski definition) is 3. The van der Waals surface area contributed by atoms with Crippen molar-refractivity contribution in [1.29, 1.82) is 0 Å². The van der Waals surface area contributed by atoms with Crippen molar-refractivity contribution in [3.8, 4) is 5.75 Å². The minimum atomic E-state index is -0.645. The van der Waals surface area contributed by atoms with Gasteiger partial charge in [-0.3, -0.25) is 4.79 Å². The van der Waals surface area contributed by atoms with E-state index in [0.29, 0.717) is 15.8 Å². The molecule has 0 bridgehead atoms. The van der Waals surface area contributed by atoms with Crippen LogP contribution in [0.1, 0.15) is 20.8 Å². The van der Waals surface area contributed by atoms with E-state index in [4.69, 9.17) is 27.9 Å². The number of carbonyl (C=O) groups excluding carboxylic acids is 1. The van der Waals surface area contributed by atoms with E-state index in [1.54, 1.807) is 24.5 Å². The highest BCUT2D eigenvalue weighted by molar-refractivity contribution is 7.99. The molecule has 0 aliphatic carbocycles. The fourth-order valence-electron chi connectivity index (χ4n) is 1.36. The van der Waals surface area contributed by atoms with Crippen LogP contribution in [0.4, 0.5) is 0 Å². The van der Waals surface area contributed by atoms with Crippen molar-refractivity contribution in [2.45, 2.75) is 31.7 Å². The van der Waals surface area contributed by atoms with E-state index < -0.39 is 5.44 Å². The van der Waals surface area contributed by atoms with Gasteiger partial charge in [-0.2, -0.15) is 0 Å². The number of benzene rings is 1. The summed E-state index contributed by atoms with van der Waals surface area (Å²) in [7, 11) is 0. The van der Waals surface area contributed by atoms with Gasteiger partial charge in [0.15, 0.2) is 0 Å². The van der Waals surface area contributed by atoms with Gasteiger partial charge < -0.3 is 10.1 Å². The van der Waals surface area contributed by atoms with Crippen molar-refractivity contribution in [3.05, 3.63) is 28.2 Å². The van der Waals surface area contributed by atoms with Gasteiger partial charge in [0.05, 0.1) is 0 Å². The minimum Gasteiger partial charge on any atom is -0.470 e. The van der Waals surface area contributed by atoms with Crippen LogP contribution in [-0.4, -0.2) is 23.1 Å². The Kier molecular flexibility index (Phi) is 5.83. The highest BCUT2D eigenvalue weighted by Crippen LogP contribution is 2.26. The summed E-state index contributed by atoms with van der Waals surface area (Å²) >= 11 is 13.1. The predicted molar refractivity (Wildman–Crippen MR) is 82.3 cm³/mol. The number of hydrogen-bond donors (Lipinski definition) is 1. The van der Waals surface area contributed by atoms with E-state index in [0.717, 1.165) is 0 Å². The molecule has 19 heavy (non-hydrogen) atoms. The van der Waals surface area contributed by atoms with Crippen molar-refractivity contribution < 1.29 is 9.53 Å². The van der Waals surface area contributed by atoms with Gasteiger partial charge in [-0.25, -0.2) is 0 Å². The Morgan fingerprint density at radius 1 is 1.26 bits per heavy atom. The molecule has 0 radical (unpaired) electrons. The first-order valence-electron chi connectivity index (χ1n) is 5.69. The third-order valence-electron chi connectivity index (χ3n) is 2.01. The molecule has 6 heteroatoms. The lowest BCUT2D eigenvalue weighted by Crippen LogP contribution is -2.46. The van der Waals surface area contributed by atoms with Crippen LogP contribution in [0.2, 0.25) is 10.0 Å². The maximum Gasteiger partial charge on any atom is 0.272 e. The summed E-state index contributed by atoms with van der Waals surface area (Å²) in [4.78, 5) is 12.0. The standard InChI is InChI=1S/C13H17Cl2NO2S/c1-13(2,3)16-11(17)12(19-4)18-10-6-8(14)5-9(15)7-10/h5-7,12H,1-4H3,(H,16,17). The maximum atomic E-state index is 12.0. The van der Waals surface area contributed by atoms with Crippen LogP contribution in [0.5, 0.6) is 5.75 Å². The average molecular weight is 322 g/mol. The lowest BCUT2D eigenvalue weighted by molar-refractivity contribution is -0.125. The highest BCUT2D eigenvalue weighted by Gasteiger charge is 2.23. The van der Waals surface area contributed by atoms with E-state index in [1.807, 2.05) is 20.8 Å². The molecule has 106 valence electrons. The van der Waals surface area contributed by atoms with Gasteiger partial charge in [0.25, 0.3) is 5.91 Å². The SMILES string of the molecule is CSC(Oc1cc(Cl)cc(Cl)c1)C(=O)NC(C)(C)C. The van der Waals surface area contributed by atoms with Gasteiger partial charge in [0.1, 0.15) is 5.75 Å². The molecular weight excluding hydrogens is 305 g/mol. The van der Waals surface area contributed by atoms with Crippen molar-refractivity contribution in [1.82, 2.24) is 5.32 Å². The number of nitrogens with one attached hydrogen (secondary N) is 1. The van der Waals surface area contributed by atoms with Crippen LogP contribution < -0.4 is 10.1 Å². The lowest BCUT2D eigenvalue weighted by atomic mass is 10.1. The summed E-state index contributed by atoms with van der Waals surface area (Å²) in [6.07, 6.45) is 1.80. The van der Waals surface area contributed by atoms with Crippen LogP contribution >= 0.6 is 35.0 Å². The molecule has 0 heterocycles. The van der Waals surface area contributed by atoms with Gasteiger partial charge in [0.2, 0.25) is 5.44 Å². The fraction of sp³-hybridized carbons (Fsp3) is 0.462. The molecule has 1 aromatic rings. The zero-order valence-corrected chi connectivity index (χ0v) is 13.6. The second-order valence-corrected chi connectivity index (χ2v) is 6.80. The second-order valence-electron chi connectivity index (χ2n) is 5.03. The molecule has 0 saturated heterocycles. The highest BCUT2D eigenvalue weighted by atomic mass is 35.5. The number of halogens is 2. The monoisotopic (exact) mass is 321 g/mol. The molecule has 1 rings (SSSR count). The molecule has 0 aromatic heterocycles. The fourth-order valence-corrected chi connectivity index (χ4v) is 2.34. The van der Waals surface area contributed by atoms with E-state index in [2.05, 4.69) is 5.32 Å². The molecule has 1 aromatic carbocycles. The maximum absolute atomic E-state index is 12.0. The van der Waals surface area contributed by atoms with Crippen LogP contribution in [0.15, 0.2) is 18.2 Å². The van der Waals surface area contributed by atoms with E-state index in [-0.39, 0.29) is 11.4 Å². The Bertz CT molecular complexity index is 440. The summed E-state index contributed by atoms with van der Waals surface area (Å²) in [6, 6.07) is 4.86. The molecule has 1 N–H and O–H groups in total. The first kappa shape index (κ1) is 16.5. The van der Waals surface area contributed by atoms with E-state index in [1.165, 1.54) is 11.8 Å². The Balaban J connectivity index is 2.79. The predicted octanol–water partition coefficient (Wildman–Crippen LogP) is 3.98. The van der Waals surface area contributed by atoms with Crippen molar-refractivity contribution in [3.63, 3.8) is 0 Å². The third-order valence-corrected chi connectivity index (χ3v) is 3.18. The number of amides is 1. The number of thioether (sulfide) groups is 1. The Labute approximate surface area is 128 Å². The Hall–Kier alpha value is -0.580. The Morgan fingerprint density at radius 3 is 2.21 bits per heavy atom. The molecule has 0 aliphatic rings. The summed E-state index contributed by atoms with van der Waals surface area (Å²) in [5, 5.41) is 3.81. The van der Waals surface area contributed by atoms with Crippen molar-refractivity contribution in [2.24, 2.45) is 0 Å². The van der Waals surface area contributed by atoms with Crippen molar-refractivity contribution >= 4 is 40.9 Å². The molecule has 0 aliphatic heterocycles. The Morgan fingerprint density at radius 2 is 1.79 bits per heavy atom. The number of carbonyl (C=O) groups is 1. The van der Waals surface area contributed by atoms with Crippen LogP contribution in [0.25, 0.3) is 0 Å². The molecule has 0 spiro atoms. The number of rotatable bonds is 4. The summed E-state index contributed by atoms with van der Waals surface area (Å²) in [6.45, 7) is 5.75. The van der Waals surface area contributed by atoms with Crippen LogP contribution in [-0.2, 0) is 4.79 Å². The first-order valence-corrected chi connectivity index (χ1v) is 7.73. The summed E-state index contributed by atoms with van der Waals surface area (Å²) in [5.74, 6) is 0.289. The average Bonchev–Trinajstić information content (AvgIpc) is 2.21.